The van der Waals surface area contributed by atoms with Crippen molar-refractivity contribution in [1.29, 1.82) is 0 Å². The number of hydrogen-bond donors (Lipinski definition) is 0. The van der Waals surface area contributed by atoms with Crippen molar-refractivity contribution in [2.75, 3.05) is 14.2 Å². The molecule has 0 bridgehead atoms. The summed E-state index contributed by atoms with van der Waals surface area (Å²) >= 11 is 0. The predicted octanol–water partition coefficient (Wildman–Crippen LogP) is 1.22. The van der Waals surface area contributed by atoms with E-state index < -0.39 is 7.75 Å². The van der Waals surface area contributed by atoms with E-state index in [1.807, 2.05) is 6.07 Å². The van der Waals surface area contributed by atoms with Crippen molar-refractivity contribution in [2.24, 2.45) is 0 Å². The van der Waals surface area contributed by atoms with E-state index in [1.165, 1.54) is 18.6 Å². The van der Waals surface area contributed by atoms with Crippen molar-refractivity contribution in [2.45, 2.75) is 0 Å². The Kier molecular flexibility index (Phi) is 2.98. The van der Waals surface area contributed by atoms with Crippen molar-refractivity contribution >= 4 is 7.75 Å². The Labute approximate surface area is 71.3 Å². The molecule has 0 spiro atoms. The van der Waals surface area contributed by atoms with Crippen LogP contribution in [0.4, 0.5) is 0 Å². The van der Waals surface area contributed by atoms with Crippen molar-refractivity contribution in [3.63, 3.8) is 0 Å². The molecule has 1 heterocycles. The molecule has 0 aliphatic heterocycles. The first-order valence-electron chi connectivity index (χ1n) is 3.41. The van der Waals surface area contributed by atoms with Crippen LogP contribution in [0.1, 0.15) is 0 Å². The first kappa shape index (κ1) is 9.39. The maximum Gasteiger partial charge on any atom is 0.612 e. The molecule has 0 saturated carbocycles. The molecular formula is C7H11NO3P+. The molecule has 0 aromatic carbocycles. The third-order valence-electron chi connectivity index (χ3n) is 1.44. The molecule has 0 fully saturated rings. The van der Waals surface area contributed by atoms with E-state index in [0.717, 1.165) is 0 Å². The van der Waals surface area contributed by atoms with Crippen LogP contribution < -0.4 is 4.34 Å². The van der Waals surface area contributed by atoms with Crippen molar-refractivity contribution < 1.29 is 18.0 Å². The summed E-state index contributed by atoms with van der Waals surface area (Å²) < 4.78 is 22.6. The Morgan fingerprint density at radius 3 is 2.00 bits per heavy atom. The normalized spacial score (nSPS) is 11.5. The largest absolute Gasteiger partial charge is 0.612 e. The smallest absolute Gasteiger partial charge is 0.258 e. The van der Waals surface area contributed by atoms with Gasteiger partial charge in [-0.1, -0.05) is 6.07 Å². The fraction of sp³-hybridized carbons (Fsp3) is 0.286. The van der Waals surface area contributed by atoms with Gasteiger partial charge in [0.1, 0.15) is 0 Å². The second-order valence-corrected chi connectivity index (χ2v) is 4.22. The lowest BCUT2D eigenvalue weighted by atomic mass is 10.5. The molecule has 0 radical (unpaired) electrons. The molecular weight excluding hydrogens is 177 g/mol. The van der Waals surface area contributed by atoms with Gasteiger partial charge in [0, 0.05) is 12.1 Å². The zero-order valence-electron chi connectivity index (χ0n) is 7.01. The Bertz CT molecular complexity index is 280. The van der Waals surface area contributed by atoms with Gasteiger partial charge in [0.05, 0.1) is 14.2 Å². The number of hydrogen-bond acceptors (Lipinski definition) is 3. The van der Waals surface area contributed by atoms with Crippen LogP contribution >= 0.6 is 7.75 Å². The second-order valence-electron chi connectivity index (χ2n) is 2.09. The van der Waals surface area contributed by atoms with Gasteiger partial charge in [-0.25, -0.2) is 0 Å². The summed E-state index contributed by atoms with van der Waals surface area (Å²) in [6.45, 7) is 0. The van der Waals surface area contributed by atoms with Crippen LogP contribution in [0.15, 0.2) is 30.6 Å². The number of pyridine rings is 1. The minimum absolute atomic E-state index is 1.35. The second kappa shape index (κ2) is 3.81. The van der Waals surface area contributed by atoms with E-state index in [9.17, 15) is 4.57 Å². The summed E-state index contributed by atoms with van der Waals surface area (Å²) in [7, 11) is -0.414. The molecule has 5 heteroatoms. The highest BCUT2D eigenvalue weighted by molar-refractivity contribution is 7.46. The summed E-state index contributed by atoms with van der Waals surface area (Å²) in [6, 6.07) is 5.33. The molecule has 1 rings (SSSR count). The monoisotopic (exact) mass is 188 g/mol. The minimum Gasteiger partial charge on any atom is -0.258 e. The Balaban J connectivity index is 3.04. The van der Waals surface area contributed by atoms with Gasteiger partial charge in [-0.15, -0.1) is 4.34 Å². The quantitative estimate of drug-likeness (QED) is 0.669. The van der Waals surface area contributed by atoms with Gasteiger partial charge in [-0.05, 0) is 0 Å². The number of nitrogens with zero attached hydrogens (tertiary/aromatic N) is 1. The van der Waals surface area contributed by atoms with Crippen LogP contribution in [0, 0.1) is 0 Å². The van der Waals surface area contributed by atoms with Crippen molar-refractivity contribution in [1.82, 2.24) is 0 Å². The zero-order chi connectivity index (χ0) is 9.03. The summed E-state index contributed by atoms with van der Waals surface area (Å²) in [5, 5.41) is 0. The minimum atomic E-state index is -3.12. The lowest BCUT2D eigenvalue weighted by Gasteiger charge is -2.04. The predicted molar refractivity (Wildman–Crippen MR) is 43.7 cm³/mol. The van der Waals surface area contributed by atoms with Crippen LogP contribution in [0.25, 0.3) is 0 Å². The SMILES string of the molecule is COP(=O)(OC)[n+]1ccccc1. The molecule has 0 atom stereocenters. The summed E-state index contributed by atoms with van der Waals surface area (Å²) in [6.07, 6.45) is 3.27. The van der Waals surface area contributed by atoms with Crippen LogP contribution in [0.2, 0.25) is 0 Å². The average molecular weight is 188 g/mol. The molecule has 66 valence electrons. The number of rotatable bonds is 3. The molecule has 4 nitrogen and oxygen atoms in total. The van der Waals surface area contributed by atoms with E-state index in [0.29, 0.717) is 0 Å². The lowest BCUT2D eigenvalue weighted by Crippen LogP contribution is -2.30. The molecule has 0 unspecified atom stereocenters. The van der Waals surface area contributed by atoms with E-state index in [1.54, 1.807) is 24.5 Å². The van der Waals surface area contributed by atoms with E-state index in [2.05, 4.69) is 0 Å². The fourth-order valence-electron chi connectivity index (χ4n) is 0.816. The molecule has 1 aromatic rings. The topological polar surface area (TPSA) is 39.4 Å². The van der Waals surface area contributed by atoms with Crippen LogP contribution in [-0.2, 0) is 13.6 Å². The molecule has 0 amide bonds. The Morgan fingerprint density at radius 1 is 1.08 bits per heavy atom. The molecule has 0 saturated heterocycles. The van der Waals surface area contributed by atoms with E-state index in [4.69, 9.17) is 9.05 Å². The first-order valence-corrected chi connectivity index (χ1v) is 4.91. The highest BCUT2D eigenvalue weighted by atomic mass is 31.2. The third kappa shape index (κ3) is 1.72. The van der Waals surface area contributed by atoms with Gasteiger partial charge >= 0.3 is 7.75 Å². The van der Waals surface area contributed by atoms with Crippen LogP contribution in [0.5, 0.6) is 0 Å². The first-order chi connectivity index (χ1) is 5.73. The van der Waals surface area contributed by atoms with E-state index in [-0.39, 0.29) is 0 Å². The summed E-state index contributed by atoms with van der Waals surface area (Å²) in [5.41, 5.74) is 0. The number of aromatic nitrogens is 1. The van der Waals surface area contributed by atoms with Crippen LogP contribution in [-0.4, -0.2) is 14.2 Å². The summed E-state index contributed by atoms with van der Waals surface area (Å²) in [4.78, 5) is 0. The maximum atomic E-state index is 11.7. The highest BCUT2D eigenvalue weighted by Gasteiger charge is 2.33. The Morgan fingerprint density at radius 2 is 1.58 bits per heavy atom. The van der Waals surface area contributed by atoms with Gasteiger partial charge < -0.3 is 0 Å². The van der Waals surface area contributed by atoms with Gasteiger partial charge in [0.2, 0.25) is 0 Å². The van der Waals surface area contributed by atoms with Gasteiger partial charge in [0.15, 0.2) is 12.4 Å². The molecule has 0 aliphatic rings. The van der Waals surface area contributed by atoms with Crippen molar-refractivity contribution in [3.8, 4) is 0 Å². The third-order valence-corrected chi connectivity index (χ3v) is 3.20. The molecule has 12 heavy (non-hydrogen) atoms. The van der Waals surface area contributed by atoms with Crippen molar-refractivity contribution in [3.05, 3.63) is 30.6 Å². The Hall–Kier alpha value is -0.700. The van der Waals surface area contributed by atoms with Gasteiger partial charge in [-0.2, -0.15) is 4.57 Å². The standard InChI is InChI=1S/C7H11NO3P/c1-10-12(9,11-2)8-6-4-3-5-7-8/h3-7H,1-2H3/q+1. The molecule has 0 N–H and O–H groups in total. The van der Waals surface area contributed by atoms with Gasteiger partial charge in [0.25, 0.3) is 0 Å². The van der Waals surface area contributed by atoms with Crippen LogP contribution in [0.3, 0.4) is 0 Å². The van der Waals surface area contributed by atoms with E-state index >= 15 is 0 Å². The lowest BCUT2D eigenvalue weighted by molar-refractivity contribution is -0.540. The van der Waals surface area contributed by atoms with Gasteiger partial charge in [-0.3, -0.25) is 9.05 Å². The maximum absolute atomic E-state index is 11.7. The average Bonchev–Trinajstić information content (AvgIpc) is 2.18. The zero-order valence-corrected chi connectivity index (χ0v) is 7.90. The molecule has 1 aromatic heterocycles. The highest BCUT2D eigenvalue weighted by Crippen LogP contribution is 2.39. The molecule has 0 aliphatic carbocycles. The summed E-state index contributed by atoms with van der Waals surface area (Å²) in [5.74, 6) is 0. The fourth-order valence-corrected chi connectivity index (χ4v) is 1.82.